The molecule has 1 heterocycles. The van der Waals surface area contributed by atoms with Crippen LogP contribution in [0.5, 0.6) is 0 Å². The summed E-state index contributed by atoms with van der Waals surface area (Å²) in [6, 6.07) is 5.09. The van der Waals surface area contributed by atoms with Crippen LogP contribution in [0.3, 0.4) is 0 Å². The lowest BCUT2D eigenvalue weighted by Crippen LogP contribution is -1.98. The number of rotatable bonds is 1. The van der Waals surface area contributed by atoms with Crippen molar-refractivity contribution in [2.45, 2.75) is 6.42 Å². The van der Waals surface area contributed by atoms with Crippen molar-refractivity contribution in [1.29, 1.82) is 0 Å². The molecular weight excluding hydrogens is 202 g/mol. The molecular formula is C13H9NO2. The number of benzene rings is 1. The molecule has 1 N–H and O–H groups in total. The number of carboxylic acid groups (broad SMARTS) is 1. The average molecular weight is 211 g/mol. The summed E-state index contributed by atoms with van der Waals surface area (Å²) in [4.78, 5) is 15.3. The van der Waals surface area contributed by atoms with Crippen molar-refractivity contribution < 1.29 is 9.90 Å². The first kappa shape index (κ1) is 9.09. The molecule has 0 amide bonds. The van der Waals surface area contributed by atoms with Gasteiger partial charge in [0.15, 0.2) is 0 Å². The second-order valence-electron chi connectivity index (χ2n) is 3.81. The van der Waals surface area contributed by atoms with Crippen LogP contribution in [0.4, 0.5) is 5.69 Å². The lowest BCUT2D eigenvalue weighted by Gasteiger charge is -2.05. The summed E-state index contributed by atoms with van der Waals surface area (Å²) in [6.45, 7) is 0. The van der Waals surface area contributed by atoms with Crippen molar-refractivity contribution in [3.05, 3.63) is 47.6 Å². The van der Waals surface area contributed by atoms with E-state index in [4.69, 9.17) is 5.11 Å². The van der Waals surface area contributed by atoms with Gasteiger partial charge in [0.05, 0.1) is 17.0 Å². The zero-order chi connectivity index (χ0) is 11.1. The summed E-state index contributed by atoms with van der Waals surface area (Å²) in [6.07, 6.45) is 6.90. The van der Waals surface area contributed by atoms with Crippen molar-refractivity contribution in [3.8, 4) is 0 Å². The first-order chi connectivity index (χ1) is 7.75. The Labute approximate surface area is 92.4 Å². The van der Waals surface area contributed by atoms with Gasteiger partial charge in [0, 0.05) is 17.6 Å². The zero-order valence-electron chi connectivity index (χ0n) is 8.47. The van der Waals surface area contributed by atoms with Gasteiger partial charge in [-0.15, -0.1) is 0 Å². The molecule has 16 heavy (non-hydrogen) atoms. The van der Waals surface area contributed by atoms with Gasteiger partial charge in [0.25, 0.3) is 0 Å². The van der Waals surface area contributed by atoms with Crippen molar-refractivity contribution >= 4 is 22.9 Å². The summed E-state index contributed by atoms with van der Waals surface area (Å²) < 4.78 is 0. The number of aromatic carboxylic acids is 1. The number of hydrogen-bond acceptors (Lipinski definition) is 2. The predicted octanol–water partition coefficient (Wildman–Crippen LogP) is 2.81. The highest BCUT2D eigenvalue weighted by molar-refractivity contribution is 6.30. The number of nitrogens with zero attached hydrogens (tertiary/aromatic N) is 1. The van der Waals surface area contributed by atoms with Gasteiger partial charge in [-0.25, -0.2) is 4.79 Å². The summed E-state index contributed by atoms with van der Waals surface area (Å²) in [5.41, 5.74) is 4.24. The maximum atomic E-state index is 10.8. The number of carbonyl (C=O) groups is 1. The van der Waals surface area contributed by atoms with Gasteiger partial charge in [0.2, 0.25) is 0 Å². The molecule has 0 bridgehead atoms. The minimum absolute atomic E-state index is 0.287. The molecule has 1 aromatic carbocycles. The van der Waals surface area contributed by atoms with Crippen LogP contribution in [0.25, 0.3) is 5.57 Å². The van der Waals surface area contributed by atoms with Crippen LogP contribution >= 0.6 is 0 Å². The van der Waals surface area contributed by atoms with E-state index in [1.807, 2.05) is 24.3 Å². The van der Waals surface area contributed by atoms with Crippen molar-refractivity contribution in [1.82, 2.24) is 0 Å². The Balaban J connectivity index is 2.16. The van der Waals surface area contributed by atoms with Gasteiger partial charge in [-0.05, 0) is 12.1 Å². The fraction of sp³-hybridized carbons (Fsp3) is 0.0769. The summed E-state index contributed by atoms with van der Waals surface area (Å²) in [5.74, 6) is -0.912. The Kier molecular flexibility index (Phi) is 1.80. The fourth-order valence-corrected chi connectivity index (χ4v) is 2.03. The highest BCUT2D eigenvalue weighted by Crippen LogP contribution is 2.37. The summed E-state index contributed by atoms with van der Waals surface area (Å²) in [7, 11) is 0. The molecule has 0 unspecified atom stereocenters. The lowest BCUT2D eigenvalue weighted by molar-refractivity contribution is 0.0697. The molecule has 2 aliphatic rings. The molecule has 3 nitrogen and oxygen atoms in total. The fourth-order valence-electron chi connectivity index (χ4n) is 2.03. The molecule has 0 saturated heterocycles. The molecule has 1 aromatic rings. The third-order valence-corrected chi connectivity index (χ3v) is 2.81. The van der Waals surface area contributed by atoms with Crippen LogP contribution in [-0.2, 0) is 0 Å². The van der Waals surface area contributed by atoms with E-state index < -0.39 is 5.97 Å². The van der Waals surface area contributed by atoms with E-state index in [0.717, 1.165) is 29.0 Å². The highest BCUT2D eigenvalue weighted by atomic mass is 16.4. The summed E-state index contributed by atoms with van der Waals surface area (Å²) >= 11 is 0. The van der Waals surface area contributed by atoms with Gasteiger partial charge < -0.3 is 5.11 Å². The number of fused-ring (bicyclic) bond motifs is 3. The lowest BCUT2D eigenvalue weighted by atomic mass is 9.97. The minimum atomic E-state index is -0.912. The van der Waals surface area contributed by atoms with Crippen molar-refractivity contribution in [2.75, 3.05) is 0 Å². The molecule has 3 rings (SSSR count). The van der Waals surface area contributed by atoms with E-state index in [0.29, 0.717) is 0 Å². The molecule has 0 aromatic heterocycles. The second-order valence-corrected chi connectivity index (χ2v) is 3.81. The van der Waals surface area contributed by atoms with Crippen LogP contribution in [0.15, 0.2) is 41.4 Å². The third-order valence-electron chi connectivity index (χ3n) is 2.81. The van der Waals surface area contributed by atoms with E-state index in [2.05, 4.69) is 4.99 Å². The standard InChI is InChI=1S/C13H9NO2/c15-13(16)8-5-6-10-9-3-1-2-4-11(9)14-12(10)7-8/h1-3,5-7H,4H2,(H,15,16). The average Bonchev–Trinajstić information content (AvgIpc) is 2.66. The molecule has 1 aliphatic heterocycles. The number of carboxylic acids is 1. The number of hydrogen-bond donors (Lipinski definition) is 1. The van der Waals surface area contributed by atoms with Gasteiger partial charge in [-0.2, -0.15) is 0 Å². The normalized spacial score (nSPS) is 16.2. The second kappa shape index (κ2) is 3.17. The highest BCUT2D eigenvalue weighted by Gasteiger charge is 2.21. The van der Waals surface area contributed by atoms with Gasteiger partial charge >= 0.3 is 5.97 Å². The SMILES string of the molecule is O=C(O)c1ccc2c(c1)N=C1CC=CC=C12. The number of allylic oxidation sites excluding steroid dienone is 4. The van der Waals surface area contributed by atoms with Crippen LogP contribution < -0.4 is 0 Å². The Morgan fingerprint density at radius 1 is 1.38 bits per heavy atom. The van der Waals surface area contributed by atoms with Gasteiger partial charge in [-0.1, -0.05) is 24.3 Å². The van der Waals surface area contributed by atoms with E-state index >= 15 is 0 Å². The first-order valence-electron chi connectivity index (χ1n) is 5.08. The molecule has 3 heteroatoms. The zero-order valence-corrected chi connectivity index (χ0v) is 8.47. The minimum Gasteiger partial charge on any atom is -0.478 e. The predicted molar refractivity (Wildman–Crippen MR) is 62.2 cm³/mol. The largest absolute Gasteiger partial charge is 0.478 e. The maximum absolute atomic E-state index is 10.8. The van der Waals surface area contributed by atoms with Gasteiger partial charge in [0.1, 0.15) is 0 Å². The van der Waals surface area contributed by atoms with Gasteiger partial charge in [-0.3, -0.25) is 4.99 Å². The molecule has 0 spiro atoms. The van der Waals surface area contributed by atoms with E-state index in [1.165, 1.54) is 0 Å². The van der Waals surface area contributed by atoms with Crippen molar-refractivity contribution in [2.24, 2.45) is 4.99 Å². The van der Waals surface area contributed by atoms with E-state index in [-0.39, 0.29) is 5.56 Å². The Hall–Kier alpha value is -2.16. The van der Waals surface area contributed by atoms with E-state index in [1.54, 1.807) is 12.1 Å². The third kappa shape index (κ3) is 1.21. The van der Waals surface area contributed by atoms with E-state index in [9.17, 15) is 4.79 Å². The van der Waals surface area contributed by atoms with Crippen molar-refractivity contribution in [3.63, 3.8) is 0 Å². The molecule has 0 fully saturated rings. The summed E-state index contributed by atoms with van der Waals surface area (Å²) in [5, 5.41) is 8.90. The van der Waals surface area contributed by atoms with Crippen LogP contribution in [0.2, 0.25) is 0 Å². The topological polar surface area (TPSA) is 49.7 Å². The Morgan fingerprint density at radius 2 is 2.25 bits per heavy atom. The quantitative estimate of drug-likeness (QED) is 0.776. The monoisotopic (exact) mass is 211 g/mol. The molecule has 78 valence electrons. The van der Waals surface area contributed by atoms with Crippen LogP contribution in [0, 0.1) is 0 Å². The maximum Gasteiger partial charge on any atom is 0.335 e. The Morgan fingerprint density at radius 3 is 3.06 bits per heavy atom. The molecule has 0 radical (unpaired) electrons. The first-order valence-corrected chi connectivity index (χ1v) is 5.08. The molecule has 0 atom stereocenters. The smallest absolute Gasteiger partial charge is 0.335 e. The van der Waals surface area contributed by atoms with Crippen LogP contribution in [0.1, 0.15) is 22.3 Å². The number of aliphatic imine (C=N–C) groups is 1. The molecule has 0 saturated carbocycles. The van der Waals surface area contributed by atoms with Crippen LogP contribution in [-0.4, -0.2) is 16.8 Å². The molecule has 1 aliphatic carbocycles. The Bertz CT molecular complexity index is 580.